The zero-order chi connectivity index (χ0) is 30.3. The lowest BCUT2D eigenvalue weighted by Crippen LogP contribution is -2.53. The van der Waals surface area contributed by atoms with E-state index in [-0.39, 0.29) is 24.8 Å². The molecular formula is C33H36FN3O4S. The number of carbonyl (C=O) groups is 2. The zero-order valence-corrected chi connectivity index (χ0v) is 24.9. The topological polar surface area (TPSA) is 86.8 Å². The number of anilines is 1. The Balaban J connectivity index is 1.77. The summed E-state index contributed by atoms with van der Waals surface area (Å²) in [6, 6.07) is 26.7. The monoisotopic (exact) mass is 589 g/mol. The fourth-order valence-electron chi connectivity index (χ4n) is 4.78. The van der Waals surface area contributed by atoms with Gasteiger partial charge in [-0.2, -0.15) is 0 Å². The average Bonchev–Trinajstić information content (AvgIpc) is 2.97. The van der Waals surface area contributed by atoms with Crippen LogP contribution < -0.4 is 9.62 Å². The molecule has 0 spiro atoms. The fourth-order valence-corrected chi connectivity index (χ4v) is 5.65. The SMILES string of the molecule is CC(C)CNC(=O)[C@H](Cc1ccccc1)N(Cc1ccc(F)cc1)C(=O)CN(c1cccc2ccccc12)S(C)(=O)=O. The van der Waals surface area contributed by atoms with Crippen molar-refractivity contribution in [1.82, 2.24) is 10.2 Å². The second kappa shape index (κ2) is 13.6. The predicted molar refractivity (Wildman–Crippen MR) is 165 cm³/mol. The molecule has 7 nitrogen and oxygen atoms in total. The number of hydrogen-bond acceptors (Lipinski definition) is 4. The molecule has 0 aromatic heterocycles. The van der Waals surface area contributed by atoms with Crippen molar-refractivity contribution in [3.63, 3.8) is 0 Å². The van der Waals surface area contributed by atoms with Crippen LogP contribution in [0.3, 0.4) is 0 Å². The number of fused-ring (bicyclic) bond motifs is 1. The van der Waals surface area contributed by atoms with Crippen molar-refractivity contribution < 1.29 is 22.4 Å². The summed E-state index contributed by atoms with van der Waals surface area (Å²) in [6.07, 6.45) is 1.27. The molecule has 0 bridgehead atoms. The van der Waals surface area contributed by atoms with Crippen LogP contribution in [0.5, 0.6) is 0 Å². The van der Waals surface area contributed by atoms with Gasteiger partial charge in [0.25, 0.3) is 0 Å². The van der Waals surface area contributed by atoms with Crippen molar-refractivity contribution in [1.29, 1.82) is 0 Å². The molecule has 1 N–H and O–H groups in total. The van der Waals surface area contributed by atoms with Crippen LogP contribution in [0.15, 0.2) is 97.1 Å². The van der Waals surface area contributed by atoms with Crippen LogP contribution in [-0.4, -0.2) is 50.5 Å². The molecule has 0 heterocycles. The van der Waals surface area contributed by atoms with Crippen molar-refractivity contribution in [2.75, 3.05) is 23.7 Å². The molecule has 4 aromatic rings. The highest BCUT2D eigenvalue weighted by atomic mass is 32.2. The molecule has 9 heteroatoms. The van der Waals surface area contributed by atoms with Crippen LogP contribution in [0.1, 0.15) is 25.0 Å². The third-order valence-corrected chi connectivity index (χ3v) is 8.06. The number of sulfonamides is 1. The van der Waals surface area contributed by atoms with Gasteiger partial charge in [-0.1, -0.05) is 92.7 Å². The Hall–Kier alpha value is -4.24. The zero-order valence-electron chi connectivity index (χ0n) is 24.0. The van der Waals surface area contributed by atoms with Crippen LogP contribution in [-0.2, 0) is 32.6 Å². The molecule has 0 fully saturated rings. The quantitative estimate of drug-likeness (QED) is 0.248. The number of hydrogen-bond donors (Lipinski definition) is 1. The van der Waals surface area contributed by atoms with E-state index < -0.39 is 34.3 Å². The molecule has 0 aliphatic rings. The maximum absolute atomic E-state index is 14.2. The van der Waals surface area contributed by atoms with Crippen molar-refractivity contribution >= 4 is 38.3 Å². The second-order valence-corrected chi connectivity index (χ2v) is 12.7. The Morgan fingerprint density at radius 2 is 1.48 bits per heavy atom. The van der Waals surface area contributed by atoms with Crippen LogP contribution in [0.25, 0.3) is 10.8 Å². The number of nitrogens with one attached hydrogen (secondary N) is 1. The molecule has 0 saturated carbocycles. The lowest BCUT2D eigenvalue weighted by molar-refractivity contribution is -0.140. The van der Waals surface area contributed by atoms with Gasteiger partial charge in [0.2, 0.25) is 21.8 Å². The lowest BCUT2D eigenvalue weighted by atomic mass is 10.0. The summed E-state index contributed by atoms with van der Waals surface area (Å²) in [5.74, 6) is -1.15. The number of benzene rings is 4. The van der Waals surface area contributed by atoms with Gasteiger partial charge in [0.05, 0.1) is 11.9 Å². The Kier molecular flexibility index (Phi) is 9.96. The lowest BCUT2D eigenvalue weighted by Gasteiger charge is -2.34. The van der Waals surface area contributed by atoms with Gasteiger partial charge in [-0.25, -0.2) is 12.8 Å². The second-order valence-electron chi connectivity index (χ2n) is 10.8. The summed E-state index contributed by atoms with van der Waals surface area (Å²) in [4.78, 5) is 29.3. The van der Waals surface area contributed by atoms with Crippen LogP contribution in [0.4, 0.5) is 10.1 Å². The van der Waals surface area contributed by atoms with E-state index in [4.69, 9.17) is 0 Å². The molecule has 0 saturated heterocycles. The molecule has 220 valence electrons. The number of amides is 2. The van der Waals surface area contributed by atoms with Gasteiger partial charge in [0, 0.05) is 24.9 Å². The Morgan fingerprint density at radius 3 is 2.14 bits per heavy atom. The first kappa shape index (κ1) is 30.7. The van der Waals surface area contributed by atoms with Gasteiger partial charge in [0.15, 0.2) is 0 Å². The Morgan fingerprint density at radius 1 is 0.833 bits per heavy atom. The maximum atomic E-state index is 14.2. The minimum atomic E-state index is -3.91. The molecule has 0 aliphatic carbocycles. The average molecular weight is 590 g/mol. The smallest absolute Gasteiger partial charge is 0.244 e. The molecule has 42 heavy (non-hydrogen) atoms. The summed E-state index contributed by atoms with van der Waals surface area (Å²) in [5, 5.41) is 4.45. The van der Waals surface area contributed by atoms with E-state index in [9.17, 15) is 22.4 Å². The van der Waals surface area contributed by atoms with E-state index in [0.29, 0.717) is 23.2 Å². The third-order valence-electron chi connectivity index (χ3n) is 6.94. The van der Waals surface area contributed by atoms with E-state index in [1.807, 2.05) is 68.4 Å². The van der Waals surface area contributed by atoms with E-state index in [1.54, 1.807) is 30.3 Å². The molecule has 0 aliphatic heterocycles. The van der Waals surface area contributed by atoms with Crippen molar-refractivity contribution in [3.05, 3.63) is 114 Å². The standard InChI is InChI=1S/C33H36FN3O4S/c1-24(2)21-35-33(39)31(20-25-10-5-4-6-11-25)36(22-26-16-18-28(34)19-17-26)32(38)23-37(42(3,40)41)30-15-9-13-27-12-7-8-14-29(27)30/h4-19,24,31H,20-23H2,1-3H3,(H,35,39)/t31-/m0/s1. The first-order valence-electron chi connectivity index (χ1n) is 13.8. The van der Waals surface area contributed by atoms with Gasteiger partial charge >= 0.3 is 0 Å². The molecule has 1 atom stereocenters. The van der Waals surface area contributed by atoms with Gasteiger partial charge in [0.1, 0.15) is 18.4 Å². The summed E-state index contributed by atoms with van der Waals surface area (Å²) in [5.41, 5.74) is 1.82. The highest BCUT2D eigenvalue weighted by Gasteiger charge is 2.33. The first-order chi connectivity index (χ1) is 20.0. The molecule has 0 unspecified atom stereocenters. The Bertz CT molecular complexity index is 1620. The van der Waals surface area contributed by atoms with Gasteiger partial charge in [-0.3, -0.25) is 13.9 Å². The summed E-state index contributed by atoms with van der Waals surface area (Å²) < 4.78 is 41.1. The molecule has 0 radical (unpaired) electrons. The highest BCUT2D eigenvalue weighted by molar-refractivity contribution is 7.92. The van der Waals surface area contributed by atoms with Crippen LogP contribution >= 0.6 is 0 Å². The van der Waals surface area contributed by atoms with E-state index in [2.05, 4.69) is 5.32 Å². The minimum Gasteiger partial charge on any atom is -0.354 e. The fraction of sp³-hybridized carbons (Fsp3) is 0.273. The highest BCUT2D eigenvalue weighted by Crippen LogP contribution is 2.29. The van der Waals surface area contributed by atoms with Crippen molar-refractivity contribution in [3.8, 4) is 0 Å². The Labute approximate surface area is 247 Å². The van der Waals surface area contributed by atoms with Crippen molar-refractivity contribution in [2.45, 2.75) is 32.9 Å². The van der Waals surface area contributed by atoms with Gasteiger partial charge in [-0.15, -0.1) is 0 Å². The first-order valence-corrected chi connectivity index (χ1v) is 15.7. The van der Waals surface area contributed by atoms with Gasteiger partial charge in [-0.05, 0) is 40.6 Å². The predicted octanol–water partition coefficient (Wildman–Crippen LogP) is 5.16. The van der Waals surface area contributed by atoms with Crippen molar-refractivity contribution in [2.24, 2.45) is 5.92 Å². The third kappa shape index (κ3) is 7.94. The largest absolute Gasteiger partial charge is 0.354 e. The molecular weight excluding hydrogens is 553 g/mol. The normalized spacial score (nSPS) is 12.2. The number of rotatable bonds is 12. The van der Waals surface area contributed by atoms with E-state index in [1.165, 1.54) is 17.0 Å². The number of halogens is 1. The number of nitrogens with zero attached hydrogens (tertiary/aromatic N) is 2. The van der Waals surface area contributed by atoms with Crippen LogP contribution in [0.2, 0.25) is 0 Å². The van der Waals surface area contributed by atoms with Crippen LogP contribution in [0, 0.1) is 11.7 Å². The summed E-state index contributed by atoms with van der Waals surface area (Å²) >= 11 is 0. The molecule has 4 rings (SSSR count). The van der Waals surface area contributed by atoms with E-state index in [0.717, 1.165) is 21.5 Å². The van der Waals surface area contributed by atoms with E-state index >= 15 is 0 Å². The molecule has 2 amide bonds. The summed E-state index contributed by atoms with van der Waals surface area (Å²) in [6.45, 7) is 3.83. The minimum absolute atomic E-state index is 0.0150. The molecule has 4 aromatic carbocycles. The maximum Gasteiger partial charge on any atom is 0.244 e. The summed E-state index contributed by atoms with van der Waals surface area (Å²) in [7, 11) is -3.91. The van der Waals surface area contributed by atoms with Gasteiger partial charge < -0.3 is 10.2 Å². The number of carbonyl (C=O) groups excluding carboxylic acids is 2.